The van der Waals surface area contributed by atoms with Crippen molar-refractivity contribution in [3.05, 3.63) is 5.51 Å². The van der Waals surface area contributed by atoms with Gasteiger partial charge in [-0.25, -0.2) is 0 Å². The predicted molar refractivity (Wildman–Crippen MR) is 54.2 cm³/mol. The van der Waals surface area contributed by atoms with Crippen LogP contribution in [0.25, 0.3) is 0 Å². The second kappa shape index (κ2) is 4.47. The zero-order valence-electron chi connectivity index (χ0n) is 7.69. The van der Waals surface area contributed by atoms with Gasteiger partial charge in [0.2, 0.25) is 11.0 Å². The fourth-order valence-electron chi connectivity index (χ4n) is 1.50. The van der Waals surface area contributed by atoms with E-state index in [1.54, 1.807) is 5.51 Å². The zero-order chi connectivity index (χ0) is 9.80. The summed E-state index contributed by atoms with van der Waals surface area (Å²) in [7, 11) is 0. The SMILES string of the molecule is O=C(Nc1nncs1)[C@H]1CCCCN1. The Hall–Kier alpha value is -1.01. The number of hydrogen-bond acceptors (Lipinski definition) is 5. The number of nitrogens with one attached hydrogen (secondary N) is 2. The normalized spacial score (nSPS) is 21.9. The van der Waals surface area contributed by atoms with E-state index in [-0.39, 0.29) is 11.9 Å². The lowest BCUT2D eigenvalue weighted by Gasteiger charge is -2.21. The highest BCUT2D eigenvalue weighted by Crippen LogP contribution is 2.12. The summed E-state index contributed by atoms with van der Waals surface area (Å²) in [5.41, 5.74) is 1.60. The summed E-state index contributed by atoms with van der Waals surface area (Å²) in [6, 6.07) is -0.0624. The molecule has 76 valence electrons. The Kier molecular flexibility index (Phi) is 3.05. The van der Waals surface area contributed by atoms with E-state index < -0.39 is 0 Å². The van der Waals surface area contributed by atoms with E-state index in [0.717, 1.165) is 25.8 Å². The average molecular weight is 212 g/mol. The largest absolute Gasteiger partial charge is 0.306 e. The summed E-state index contributed by atoms with van der Waals surface area (Å²) in [5.74, 6) is 0.00134. The number of carbonyl (C=O) groups excluding carboxylic acids is 1. The third kappa shape index (κ3) is 2.27. The molecule has 2 rings (SSSR count). The van der Waals surface area contributed by atoms with Crippen molar-refractivity contribution in [3.63, 3.8) is 0 Å². The number of piperidine rings is 1. The second-order valence-corrected chi connectivity index (χ2v) is 4.07. The van der Waals surface area contributed by atoms with Gasteiger partial charge in [0.05, 0.1) is 6.04 Å². The van der Waals surface area contributed by atoms with Crippen LogP contribution < -0.4 is 10.6 Å². The Morgan fingerprint density at radius 3 is 3.21 bits per heavy atom. The lowest BCUT2D eigenvalue weighted by atomic mass is 10.0. The van der Waals surface area contributed by atoms with E-state index in [4.69, 9.17) is 0 Å². The standard InChI is InChI=1S/C8H12N4OS/c13-7(6-3-1-2-4-9-6)11-8-12-10-5-14-8/h5-6,9H,1-4H2,(H,11,12,13)/t6-/m1/s1. The summed E-state index contributed by atoms with van der Waals surface area (Å²) >= 11 is 1.33. The molecule has 0 spiro atoms. The summed E-state index contributed by atoms with van der Waals surface area (Å²) in [6.45, 7) is 0.925. The summed E-state index contributed by atoms with van der Waals surface area (Å²) in [4.78, 5) is 11.6. The van der Waals surface area contributed by atoms with Crippen molar-refractivity contribution in [2.24, 2.45) is 0 Å². The van der Waals surface area contributed by atoms with Crippen LogP contribution in [-0.4, -0.2) is 28.7 Å². The molecule has 0 unspecified atom stereocenters. The van der Waals surface area contributed by atoms with Crippen LogP contribution in [-0.2, 0) is 4.79 Å². The van der Waals surface area contributed by atoms with E-state index in [1.807, 2.05) is 0 Å². The van der Waals surface area contributed by atoms with Crippen LogP contribution in [0.3, 0.4) is 0 Å². The maximum atomic E-state index is 11.6. The van der Waals surface area contributed by atoms with Crippen LogP contribution in [0.2, 0.25) is 0 Å². The van der Waals surface area contributed by atoms with E-state index in [9.17, 15) is 4.79 Å². The van der Waals surface area contributed by atoms with Gasteiger partial charge in [-0.3, -0.25) is 10.1 Å². The fraction of sp³-hybridized carbons (Fsp3) is 0.625. The summed E-state index contributed by atoms with van der Waals surface area (Å²) < 4.78 is 0. The first kappa shape index (κ1) is 9.54. The van der Waals surface area contributed by atoms with Gasteiger partial charge in [0.15, 0.2) is 0 Å². The maximum Gasteiger partial charge on any atom is 0.243 e. The van der Waals surface area contributed by atoms with Gasteiger partial charge in [0, 0.05) is 0 Å². The molecule has 0 radical (unpaired) electrons. The Bertz CT molecular complexity index is 294. The number of carbonyl (C=O) groups is 1. The van der Waals surface area contributed by atoms with Crippen molar-refractivity contribution >= 4 is 22.4 Å². The molecule has 1 saturated heterocycles. The molecule has 6 heteroatoms. The highest BCUT2D eigenvalue weighted by molar-refractivity contribution is 7.13. The number of anilines is 1. The molecule has 0 saturated carbocycles. The van der Waals surface area contributed by atoms with Crippen LogP contribution in [0.15, 0.2) is 5.51 Å². The average Bonchev–Trinajstić information content (AvgIpc) is 2.72. The minimum absolute atomic E-state index is 0.00134. The molecule has 1 atom stereocenters. The molecule has 5 nitrogen and oxygen atoms in total. The van der Waals surface area contributed by atoms with Gasteiger partial charge in [-0.2, -0.15) is 0 Å². The Labute approximate surface area is 85.9 Å². The van der Waals surface area contributed by atoms with E-state index in [0.29, 0.717) is 5.13 Å². The molecule has 1 aromatic rings. The lowest BCUT2D eigenvalue weighted by Crippen LogP contribution is -2.43. The minimum Gasteiger partial charge on any atom is -0.306 e. The van der Waals surface area contributed by atoms with Crippen molar-refractivity contribution in [2.75, 3.05) is 11.9 Å². The van der Waals surface area contributed by atoms with E-state index in [2.05, 4.69) is 20.8 Å². The molecule has 1 aliphatic rings. The van der Waals surface area contributed by atoms with Crippen molar-refractivity contribution in [1.82, 2.24) is 15.5 Å². The van der Waals surface area contributed by atoms with Crippen molar-refractivity contribution in [1.29, 1.82) is 0 Å². The van der Waals surface area contributed by atoms with E-state index >= 15 is 0 Å². The van der Waals surface area contributed by atoms with Gasteiger partial charge in [0.1, 0.15) is 5.51 Å². The summed E-state index contributed by atoms with van der Waals surface area (Å²) in [6.07, 6.45) is 3.18. The fourth-order valence-corrected chi connectivity index (χ4v) is 1.94. The van der Waals surface area contributed by atoms with Gasteiger partial charge < -0.3 is 5.32 Å². The first-order chi connectivity index (χ1) is 6.86. The molecule has 1 aliphatic heterocycles. The molecule has 2 N–H and O–H groups in total. The number of amides is 1. The number of aromatic nitrogens is 2. The van der Waals surface area contributed by atoms with Gasteiger partial charge in [-0.1, -0.05) is 17.8 Å². The topological polar surface area (TPSA) is 66.9 Å². The van der Waals surface area contributed by atoms with Crippen LogP contribution >= 0.6 is 11.3 Å². The molecule has 1 amide bonds. The Morgan fingerprint density at radius 2 is 2.57 bits per heavy atom. The number of nitrogens with zero attached hydrogens (tertiary/aromatic N) is 2. The second-order valence-electron chi connectivity index (χ2n) is 3.24. The quantitative estimate of drug-likeness (QED) is 0.754. The third-order valence-corrected chi connectivity index (χ3v) is 2.82. The molecule has 1 fully saturated rings. The predicted octanol–water partition coefficient (Wildman–Crippen LogP) is 0.619. The van der Waals surface area contributed by atoms with Crippen LogP contribution in [0.1, 0.15) is 19.3 Å². The number of hydrogen-bond donors (Lipinski definition) is 2. The molecule has 2 heterocycles. The van der Waals surface area contributed by atoms with Crippen LogP contribution in [0.4, 0.5) is 5.13 Å². The Balaban J connectivity index is 1.88. The first-order valence-electron chi connectivity index (χ1n) is 4.66. The molecular weight excluding hydrogens is 200 g/mol. The highest BCUT2D eigenvalue weighted by atomic mass is 32.1. The molecular formula is C8H12N4OS. The maximum absolute atomic E-state index is 11.6. The first-order valence-corrected chi connectivity index (χ1v) is 5.54. The van der Waals surface area contributed by atoms with Crippen LogP contribution in [0.5, 0.6) is 0 Å². The molecule has 0 aliphatic carbocycles. The van der Waals surface area contributed by atoms with Crippen LogP contribution in [0, 0.1) is 0 Å². The minimum atomic E-state index is -0.0624. The van der Waals surface area contributed by atoms with Gasteiger partial charge in [-0.05, 0) is 19.4 Å². The monoisotopic (exact) mass is 212 g/mol. The molecule has 1 aromatic heterocycles. The van der Waals surface area contributed by atoms with E-state index in [1.165, 1.54) is 11.3 Å². The molecule has 0 bridgehead atoms. The van der Waals surface area contributed by atoms with Gasteiger partial charge in [-0.15, -0.1) is 10.2 Å². The lowest BCUT2D eigenvalue weighted by molar-refractivity contribution is -0.118. The van der Waals surface area contributed by atoms with Gasteiger partial charge in [0.25, 0.3) is 0 Å². The van der Waals surface area contributed by atoms with Crippen molar-refractivity contribution in [3.8, 4) is 0 Å². The highest BCUT2D eigenvalue weighted by Gasteiger charge is 2.20. The third-order valence-electron chi connectivity index (χ3n) is 2.22. The smallest absolute Gasteiger partial charge is 0.243 e. The number of rotatable bonds is 2. The zero-order valence-corrected chi connectivity index (χ0v) is 8.51. The van der Waals surface area contributed by atoms with Crippen molar-refractivity contribution < 1.29 is 4.79 Å². The van der Waals surface area contributed by atoms with Crippen molar-refractivity contribution in [2.45, 2.75) is 25.3 Å². The molecule has 14 heavy (non-hydrogen) atoms. The Morgan fingerprint density at radius 1 is 1.64 bits per heavy atom. The van der Waals surface area contributed by atoms with Gasteiger partial charge >= 0.3 is 0 Å². The summed E-state index contributed by atoms with van der Waals surface area (Å²) in [5, 5.41) is 13.9. The molecule has 0 aromatic carbocycles.